The maximum absolute atomic E-state index is 13.8. The molecule has 2 aromatic rings. The van der Waals surface area contributed by atoms with E-state index in [2.05, 4.69) is 10.3 Å². The Morgan fingerprint density at radius 3 is 3.00 bits per heavy atom. The van der Waals surface area contributed by atoms with Crippen LogP contribution >= 0.6 is 0 Å². The van der Waals surface area contributed by atoms with Gasteiger partial charge in [0.15, 0.2) is 11.6 Å². The number of rotatable bonds is 3. The summed E-state index contributed by atoms with van der Waals surface area (Å²) < 4.78 is 20.7. The summed E-state index contributed by atoms with van der Waals surface area (Å²) >= 11 is 0. The van der Waals surface area contributed by atoms with Crippen LogP contribution in [0.5, 0.6) is 5.75 Å². The molecule has 1 fully saturated rings. The SMILES string of the molecule is COc1ccc(-n2cncc2C2CCCCN2)cc1F. The maximum atomic E-state index is 13.8. The third kappa shape index (κ3) is 2.41. The van der Waals surface area contributed by atoms with Gasteiger partial charge in [-0.15, -0.1) is 0 Å². The van der Waals surface area contributed by atoms with E-state index in [-0.39, 0.29) is 17.6 Å². The molecule has 0 aliphatic carbocycles. The molecular weight excluding hydrogens is 257 g/mol. The van der Waals surface area contributed by atoms with Gasteiger partial charge >= 0.3 is 0 Å². The van der Waals surface area contributed by atoms with E-state index in [0.29, 0.717) is 0 Å². The van der Waals surface area contributed by atoms with Crippen LogP contribution in [0.15, 0.2) is 30.7 Å². The van der Waals surface area contributed by atoms with Crippen molar-refractivity contribution < 1.29 is 9.13 Å². The van der Waals surface area contributed by atoms with Crippen molar-refractivity contribution in [2.45, 2.75) is 25.3 Å². The van der Waals surface area contributed by atoms with Gasteiger partial charge in [0.05, 0.1) is 31.0 Å². The number of halogens is 1. The van der Waals surface area contributed by atoms with E-state index in [4.69, 9.17) is 4.74 Å². The van der Waals surface area contributed by atoms with Crippen LogP contribution in [0.3, 0.4) is 0 Å². The lowest BCUT2D eigenvalue weighted by atomic mass is 10.0. The molecule has 1 aliphatic heterocycles. The standard InChI is InChI=1S/C15H18FN3O/c1-20-15-6-5-11(8-12(15)16)19-10-17-9-14(19)13-4-2-3-7-18-13/h5-6,8-10,13,18H,2-4,7H2,1H3. The third-order valence-corrected chi connectivity index (χ3v) is 3.75. The quantitative estimate of drug-likeness (QED) is 0.936. The summed E-state index contributed by atoms with van der Waals surface area (Å²) in [6.07, 6.45) is 7.09. The average molecular weight is 275 g/mol. The number of hydrogen-bond acceptors (Lipinski definition) is 3. The van der Waals surface area contributed by atoms with Crippen molar-refractivity contribution in [2.75, 3.05) is 13.7 Å². The number of nitrogens with one attached hydrogen (secondary N) is 1. The predicted molar refractivity (Wildman–Crippen MR) is 74.7 cm³/mol. The summed E-state index contributed by atoms with van der Waals surface area (Å²) in [5.74, 6) is -0.104. The summed E-state index contributed by atoms with van der Waals surface area (Å²) in [7, 11) is 1.46. The van der Waals surface area contributed by atoms with Crippen LogP contribution in [-0.2, 0) is 0 Å². The van der Waals surface area contributed by atoms with Gasteiger partial charge in [-0.2, -0.15) is 0 Å². The van der Waals surface area contributed by atoms with Crippen LogP contribution in [0.1, 0.15) is 31.0 Å². The van der Waals surface area contributed by atoms with Crippen molar-refractivity contribution in [3.63, 3.8) is 0 Å². The molecule has 3 rings (SSSR count). The second kappa shape index (κ2) is 5.63. The van der Waals surface area contributed by atoms with Gasteiger partial charge in [-0.3, -0.25) is 0 Å². The Kier molecular flexibility index (Phi) is 3.69. The Labute approximate surface area is 117 Å². The fourth-order valence-corrected chi connectivity index (χ4v) is 2.69. The number of aromatic nitrogens is 2. The first-order chi connectivity index (χ1) is 9.79. The second-order valence-electron chi connectivity index (χ2n) is 5.01. The monoisotopic (exact) mass is 275 g/mol. The molecular formula is C15H18FN3O. The molecule has 4 nitrogen and oxygen atoms in total. The Morgan fingerprint density at radius 1 is 1.40 bits per heavy atom. The second-order valence-corrected chi connectivity index (χ2v) is 5.01. The number of benzene rings is 1. The van der Waals surface area contributed by atoms with Gasteiger partial charge in [0, 0.05) is 12.1 Å². The summed E-state index contributed by atoms with van der Waals surface area (Å²) in [5, 5.41) is 3.49. The van der Waals surface area contributed by atoms with Gasteiger partial charge in [-0.05, 0) is 31.5 Å². The third-order valence-electron chi connectivity index (χ3n) is 3.75. The van der Waals surface area contributed by atoms with Gasteiger partial charge < -0.3 is 14.6 Å². The van der Waals surface area contributed by atoms with Crippen molar-refractivity contribution in [1.82, 2.24) is 14.9 Å². The Balaban J connectivity index is 1.94. The van der Waals surface area contributed by atoms with Crippen LogP contribution in [0.2, 0.25) is 0 Å². The van der Waals surface area contributed by atoms with Crippen LogP contribution in [0.25, 0.3) is 5.69 Å². The zero-order valence-corrected chi connectivity index (χ0v) is 11.5. The largest absolute Gasteiger partial charge is 0.494 e. The van der Waals surface area contributed by atoms with Crippen molar-refractivity contribution in [3.05, 3.63) is 42.2 Å². The lowest BCUT2D eigenvalue weighted by Gasteiger charge is -2.24. The van der Waals surface area contributed by atoms with Crippen LogP contribution in [0, 0.1) is 5.82 Å². The lowest BCUT2D eigenvalue weighted by Crippen LogP contribution is -2.28. The summed E-state index contributed by atoms with van der Waals surface area (Å²) in [6.45, 7) is 1.02. The van der Waals surface area contributed by atoms with Gasteiger partial charge in [0.25, 0.3) is 0 Å². The molecule has 2 heterocycles. The van der Waals surface area contributed by atoms with E-state index >= 15 is 0 Å². The number of hydrogen-bond donors (Lipinski definition) is 1. The van der Waals surface area contributed by atoms with Crippen LogP contribution < -0.4 is 10.1 Å². The minimum Gasteiger partial charge on any atom is -0.494 e. The fourth-order valence-electron chi connectivity index (χ4n) is 2.69. The molecule has 20 heavy (non-hydrogen) atoms. The molecule has 1 aromatic heterocycles. The molecule has 0 amide bonds. The molecule has 0 bridgehead atoms. The van der Waals surface area contributed by atoms with E-state index in [9.17, 15) is 4.39 Å². The molecule has 1 aromatic carbocycles. The molecule has 0 saturated carbocycles. The zero-order valence-electron chi connectivity index (χ0n) is 11.5. The zero-order chi connectivity index (χ0) is 13.9. The topological polar surface area (TPSA) is 39.1 Å². The molecule has 1 saturated heterocycles. The minimum absolute atomic E-state index is 0.256. The molecule has 1 atom stereocenters. The van der Waals surface area contributed by atoms with E-state index in [0.717, 1.165) is 24.3 Å². The normalized spacial score (nSPS) is 19.0. The molecule has 0 radical (unpaired) electrons. The number of imidazole rings is 1. The first-order valence-corrected chi connectivity index (χ1v) is 6.89. The Bertz CT molecular complexity index is 591. The number of nitrogens with zero attached hydrogens (tertiary/aromatic N) is 2. The highest BCUT2D eigenvalue weighted by Gasteiger charge is 2.19. The first-order valence-electron chi connectivity index (χ1n) is 6.89. The van der Waals surface area contributed by atoms with E-state index in [1.807, 2.05) is 16.8 Å². The summed E-state index contributed by atoms with van der Waals surface area (Å²) in [6, 6.07) is 5.25. The molecule has 5 heteroatoms. The van der Waals surface area contributed by atoms with Gasteiger partial charge in [-0.25, -0.2) is 9.37 Å². The van der Waals surface area contributed by atoms with Crippen molar-refractivity contribution in [3.8, 4) is 11.4 Å². The summed E-state index contributed by atoms with van der Waals surface area (Å²) in [4.78, 5) is 4.22. The summed E-state index contributed by atoms with van der Waals surface area (Å²) in [5.41, 5.74) is 1.84. The van der Waals surface area contributed by atoms with Gasteiger partial charge in [0.2, 0.25) is 0 Å². The predicted octanol–water partition coefficient (Wildman–Crippen LogP) is 2.83. The minimum atomic E-state index is -0.360. The molecule has 1 N–H and O–H groups in total. The van der Waals surface area contributed by atoms with Gasteiger partial charge in [-0.1, -0.05) is 6.42 Å². The van der Waals surface area contributed by atoms with Crippen LogP contribution in [-0.4, -0.2) is 23.2 Å². The highest BCUT2D eigenvalue weighted by atomic mass is 19.1. The maximum Gasteiger partial charge on any atom is 0.167 e. The van der Waals surface area contributed by atoms with Crippen molar-refractivity contribution in [1.29, 1.82) is 0 Å². The number of methoxy groups -OCH3 is 1. The fraction of sp³-hybridized carbons (Fsp3) is 0.400. The average Bonchev–Trinajstić information content (AvgIpc) is 2.97. The highest BCUT2D eigenvalue weighted by molar-refractivity contribution is 5.40. The number of ether oxygens (including phenoxy) is 1. The number of piperidine rings is 1. The van der Waals surface area contributed by atoms with Crippen molar-refractivity contribution >= 4 is 0 Å². The molecule has 106 valence electrons. The highest BCUT2D eigenvalue weighted by Crippen LogP contribution is 2.26. The van der Waals surface area contributed by atoms with E-state index in [1.54, 1.807) is 12.4 Å². The Hall–Kier alpha value is -1.88. The van der Waals surface area contributed by atoms with E-state index in [1.165, 1.54) is 26.0 Å². The van der Waals surface area contributed by atoms with Crippen molar-refractivity contribution in [2.24, 2.45) is 0 Å². The first kappa shape index (κ1) is 13.1. The Morgan fingerprint density at radius 2 is 2.30 bits per heavy atom. The smallest absolute Gasteiger partial charge is 0.167 e. The van der Waals surface area contributed by atoms with Crippen LogP contribution in [0.4, 0.5) is 4.39 Å². The van der Waals surface area contributed by atoms with Gasteiger partial charge in [0.1, 0.15) is 0 Å². The van der Waals surface area contributed by atoms with E-state index < -0.39 is 0 Å². The molecule has 0 spiro atoms. The lowest BCUT2D eigenvalue weighted by molar-refractivity contribution is 0.386. The molecule has 1 aliphatic rings. The molecule has 1 unspecified atom stereocenters.